The molecule has 1 amide bonds. The molecule has 9 nitrogen and oxygen atoms in total. The molecule has 0 bridgehead atoms. The van der Waals surface area contributed by atoms with Gasteiger partial charge in [-0.1, -0.05) is 36.1 Å². The summed E-state index contributed by atoms with van der Waals surface area (Å²) < 4.78 is 23.8. The average molecular weight is 585 g/mol. The Kier molecular flexibility index (Phi) is 7.30. The number of nitrogens with zero attached hydrogens (tertiary/aromatic N) is 2. The standard InChI is InChI=1S/C32H28N2O7S/c1-4-12-39-22-10-7-19(16-24(22)38-5-2)28-27(29(35)20-8-11-23-25(17-20)41-14-13-40-23)30(36)31(37)34(28)32-33-21-9-6-18(3)15-26(21)42-32/h4,6-11,15-17,28,35H,1,5,12-14H2,2-3H3/t28-/m0/s1. The molecule has 1 saturated heterocycles. The zero-order valence-electron chi connectivity index (χ0n) is 23.1. The van der Waals surface area contributed by atoms with E-state index in [2.05, 4.69) is 6.58 Å². The maximum atomic E-state index is 13.7. The van der Waals surface area contributed by atoms with Crippen LogP contribution >= 0.6 is 11.3 Å². The quantitative estimate of drug-likeness (QED) is 0.117. The predicted molar refractivity (Wildman–Crippen MR) is 160 cm³/mol. The Morgan fingerprint density at radius 2 is 1.88 bits per heavy atom. The van der Waals surface area contributed by atoms with Gasteiger partial charge in [0.25, 0.3) is 5.78 Å². The number of amides is 1. The van der Waals surface area contributed by atoms with Crippen molar-refractivity contribution in [3.8, 4) is 23.0 Å². The highest BCUT2D eigenvalue weighted by atomic mass is 32.1. The van der Waals surface area contributed by atoms with E-state index in [0.717, 1.165) is 10.3 Å². The van der Waals surface area contributed by atoms with Crippen LogP contribution < -0.4 is 23.8 Å². The number of benzene rings is 3. The number of ketones is 1. The van der Waals surface area contributed by atoms with Crippen molar-refractivity contribution in [1.82, 2.24) is 4.98 Å². The largest absolute Gasteiger partial charge is 0.507 e. The van der Waals surface area contributed by atoms with Gasteiger partial charge in [0.1, 0.15) is 25.6 Å². The summed E-state index contributed by atoms with van der Waals surface area (Å²) in [5, 5.41) is 12.0. The molecule has 4 aromatic rings. The Balaban J connectivity index is 1.54. The summed E-state index contributed by atoms with van der Waals surface area (Å²) in [5.74, 6) is -0.0511. The molecule has 2 aliphatic heterocycles. The highest BCUT2D eigenvalue weighted by Gasteiger charge is 2.48. The first-order chi connectivity index (χ1) is 20.4. The van der Waals surface area contributed by atoms with Crippen molar-refractivity contribution in [2.24, 2.45) is 0 Å². The van der Waals surface area contributed by atoms with Crippen LogP contribution in [0.2, 0.25) is 0 Å². The van der Waals surface area contributed by atoms with E-state index in [0.29, 0.717) is 64.6 Å². The number of hydrogen-bond acceptors (Lipinski definition) is 9. The second-order valence-electron chi connectivity index (χ2n) is 9.73. The average Bonchev–Trinajstić information content (AvgIpc) is 3.53. The normalized spacial score (nSPS) is 17.5. The Hall–Kier alpha value is -4.83. The van der Waals surface area contributed by atoms with Gasteiger partial charge in [-0.15, -0.1) is 0 Å². The number of aliphatic hydroxyl groups is 1. The second kappa shape index (κ2) is 11.2. The number of aryl methyl sites for hydroxylation is 1. The van der Waals surface area contributed by atoms with Gasteiger partial charge in [-0.3, -0.25) is 14.5 Å². The molecule has 1 N–H and O–H groups in total. The third-order valence-electron chi connectivity index (χ3n) is 6.94. The van der Waals surface area contributed by atoms with E-state index < -0.39 is 17.7 Å². The molecule has 1 aromatic heterocycles. The van der Waals surface area contributed by atoms with Crippen LogP contribution in [0.5, 0.6) is 23.0 Å². The molecule has 0 saturated carbocycles. The Bertz CT molecular complexity index is 1760. The number of fused-ring (bicyclic) bond motifs is 2. The van der Waals surface area contributed by atoms with Crippen molar-refractivity contribution in [2.45, 2.75) is 19.9 Å². The SMILES string of the molecule is C=CCOc1ccc([C@H]2C(=C(O)c3ccc4c(c3)OCCO4)C(=O)C(=O)N2c2nc3ccc(C)cc3s2)cc1OCC. The number of carbonyl (C=O) groups is 2. The van der Waals surface area contributed by atoms with Crippen LogP contribution in [0.1, 0.15) is 29.7 Å². The molecule has 1 fully saturated rings. The fourth-order valence-corrected chi connectivity index (χ4v) is 6.14. The lowest BCUT2D eigenvalue weighted by Crippen LogP contribution is -2.29. The van der Waals surface area contributed by atoms with E-state index in [4.69, 9.17) is 23.9 Å². The van der Waals surface area contributed by atoms with Crippen LogP contribution in [0, 0.1) is 6.92 Å². The molecule has 10 heteroatoms. The number of aliphatic hydroxyl groups excluding tert-OH is 1. The van der Waals surface area contributed by atoms with Crippen LogP contribution in [0.15, 0.2) is 72.8 Å². The van der Waals surface area contributed by atoms with E-state index in [-0.39, 0.29) is 17.9 Å². The van der Waals surface area contributed by atoms with Crippen LogP contribution in [0.4, 0.5) is 5.13 Å². The molecule has 0 aliphatic carbocycles. The number of carbonyl (C=O) groups excluding carboxylic acids is 2. The molecule has 214 valence electrons. The van der Waals surface area contributed by atoms with E-state index >= 15 is 0 Å². The first-order valence-electron chi connectivity index (χ1n) is 13.5. The van der Waals surface area contributed by atoms with Gasteiger partial charge in [0.05, 0.1) is 28.4 Å². The molecular formula is C32H28N2O7S. The molecule has 6 rings (SSSR count). The monoisotopic (exact) mass is 584 g/mol. The van der Waals surface area contributed by atoms with Crippen LogP contribution in [-0.4, -0.2) is 48.2 Å². The lowest BCUT2D eigenvalue weighted by Gasteiger charge is -2.24. The minimum absolute atomic E-state index is 0.0747. The predicted octanol–water partition coefficient (Wildman–Crippen LogP) is 5.97. The highest BCUT2D eigenvalue weighted by Crippen LogP contribution is 2.46. The first-order valence-corrected chi connectivity index (χ1v) is 14.3. The van der Waals surface area contributed by atoms with Crippen molar-refractivity contribution in [2.75, 3.05) is 31.3 Å². The molecule has 0 unspecified atom stereocenters. The second-order valence-corrected chi connectivity index (χ2v) is 10.7. The molecule has 0 radical (unpaired) electrons. The summed E-state index contributed by atoms with van der Waals surface area (Å²) in [7, 11) is 0. The summed E-state index contributed by atoms with van der Waals surface area (Å²) in [6, 6.07) is 14.9. The number of ether oxygens (including phenoxy) is 4. The van der Waals surface area contributed by atoms with Crippen LogP contribution in [-0.2, 0) is 9.59 Å². The van der Waals surface area contributed by atoms with Gasteiger partial charge in [0.2, 0.25) is 0 Å². The molecule has 1 atom stereocenters. The number of Topliss-reactive ketones (excluding diaryl/α,β-unsaturated/α-hetero) is 1. The number of thiazole rings is 1. The van der Waals surface area contributed by atoms with Gasteiger partial charge < -0.3 is 24.1 Å². The van der Waals surface area contributed by atoms with E-state index in [1.54, 1.807) is 42.5 Å². The van der Waals surface area contributed by atoms with E-state index in [1.807, 2.05) is 32.0 Å². The first kappa shape index (κ1) is 27.3. The van der Waals surface area contributed by atoms with Gasteiger partial charge in [-0.25, -0.2) is 4.98 Å². The lowest BCUT2D eigenvalue weighted by atomic mass is 9.95. The van der Waals surface area contributed by atoms with Crippen molar-refractivity contribution in [3.63, 3.8) is 0 Å². The molecule has 2 aliphatic rings. The Morgan fingerprint density at radius 3 is 2.67 bits per heavy atom. The zero-order chi connectivity index (χ0) is 29.4. The summed E-state index contributed by atoms with van der Waals surface area (Å²) in [6.45, 7) is 8.93. The lowest BCUT2D eigenvalue weighted by molar-refractivity contribution is -0.132. The highest BCUT2D eigenvalue weighted by molar-refractivity contribution is 7.22. The van der Waals surface area contributed by atoms with Crippen molar-refractivity contribution < 1.29 is 33.6 Å². The molecule has 42 heavy (non-hydrogen) atoms. The third kappa shape index (κ3) is 4.83. The van der Waals surface area contributed by atoms with Gasteiger partial charge in [-0.2, -0.15) is 0 Å². The summed E-state index contributed by atoms with van der Waals surface area (Å²) in [5.41, 5.74) is 2.54. The Labute approximate surface area is 246 Å². The van der Waals surface area contributed by atoms with Crippen molar-refractivity contribution >= 4 is 44.1 Å². The molecular weight excluding hydrogens is 556 g/mol. The maximum Gasteiger partial charge on any atom is 0.301 e. The number of rotatable bonds is 8. The topological polar surface area (TPSA) is 107 Å². The summed E-state index contributed by atoms with van der Waals surface area (Å²) in [4.78, 5) is 33.5. The summed E-state index contributed by atoms with van der Waals surface area (Å²) in [6.07, 6.45) is 1.63. The minimum atomic E-state index is -0.993. The smallest absolute Gasteiger partial charge is 0.301 e. The minimum Gasteiger partial charge on any atom is -0.507 e. The van der Waals surface area contributed by atoms with Crippen molar-refractivity contribution in [3.05, 3.63) is 89.5 Å². The van der Waals surface area contributed by atoms with Gasteiger partial charge in [0, 0.05) is 5.56 Å². The van der Waals surface area contributed by atoms with Crippen LogP contribution in [0.3, 0.4) is 0 Å². The fraction of sp³-hybridized carbons (Fsp3) is 0.219. The summed E-state index contributed by atoms with van der Waals surface area (Å²) >= 11 is 1.30. The van der Waals surface area contributed by atoms with Crippen molar-refractivity contribution in [1.29, 1.82) is 0 Å². The molecule has 3 heterocycles. The van der Waals surface area contributed by atoms with Gasteiger partial charge in [0.15, 0.2) is 28.1 Å². The number of aromatic nitrogens is 1. The van der Waals surface area contributed by atoms with E-state index in [1.165, 1.54) is 16.2 Å². The van der Waals surface area contributed by atoms with Gasteiger partial charge >= 0.3 is 5.91 Å². The number of anilines is 1. The van der Waals surface area contributed by atoms with Crippen LogP contribution in [0.25, 0.3) is 16.0 Å². The third-order valence-corrected chi connectivity index (χ3v) is 7.96. The fourth-order valence-electron chi connectivity index (χ4n) is 5.05. The van der Waals surface area contributed by atoms with Gasteiger partial charge in [-0.05, 0) is 67.4 Å². The molecule has 3 aromatic carbocycles. The van der Waals surface area contributed by atoms with E-state index in [9.17, 15) is 14.7 Å². The molecule has 0 spiro atoms. The zero-order valence-corrected chi connectivity index (χ0v) is 23.9. The maximum absolute atomic E-state index is 13.7. The number of hydrogen-bond donors (Lipinski definition) is 1. The Morgan fingerprint density at radius 1 is 1.07 bits per heavy atom.